The Kier molecular flexibility index (Phi) is 2.55. The Hall–Kier alpha value is -2.94. The lowest BCUT2D eigenvalue weighted by Gasteiger charge is -2.09. The van der Waals surface area contributed by atoms with Crippen LogP contribution in [0.5, 0.6) is 0 Å². The first-order chi connectivity index (χ1) is 11.6. The van der Waals surface area contributed by atoms with Crippen LogP contribution in [0.15, 0.2) is 60.7 Å². The molecule has 3 heteroatoms. The van der Waals surface area contributed by atoms with Crippen LogP contribution in [0.3, 0.4) is 0 Å². The summed E-state index contributed by atoms with van der Waals surface area (Å²) in [5.74, 6) is -0.538. The summed E-state index contributed by atoms with van der Waals surface area (Å²) in [6, 6.07) is 17.8. The standard InChI is InChI=1S/C21H13F2N/c1-24-19-11-13(23)7-9-17(19)20-16-5-3-2-4-14(16)15-8-6-12(22)10-18(15)21(20)24/h2-11H,1H3. The van der Waals surface area contributed by atoms with Gasteiger partial charge in [-0.15, -0.1) is 0 Å². The maximum Gasteiger partial charge on any atom is 0.125 e. The second-order valence-electron chi connectivity index (χ2n) is 6.18. The summed E-state index contributed by atoms with van der Waals surface area (Å²) in [7, 11) is 1.91. The fourth-order valence-corrected chi connectivity index (χ4v) is 3.88. The van der Waals surface area contributed by atoms with E-state index in [-0.39, 0.29) is 11.6 Å². The first kappa shape index (κ1) is 13.5. The molecule has 5 rings (SSSR count). The molecule has 1 aromatic heterocycles. The van der Waals surface area contributed by atoms with Gasteiger partial charge in [0.05, 0.1) is 11.0 Å². The van der Waals surface area contributed by atoms with Gasteiger partial charge in [-0.2, -0.15) is 0 Å². The third-order valence-corrected chi connectivity index (χ3v) is 4.89. The highest BCUT2D eigenvalue weighted by molar-refractivity contribution is 6.31. The maximum atomic E-state index is 13.9. The fourth-order valence-electron chi connectivity index (χ4n) is 3.88. The quantitative estimate of drug-likeness (QED) is 0.313. The van der Waals surface area contributed by atoms with Gasteiger partial charge in [0.2, 0.25) is 0 Å². The number of halogens is 2. The molecule has 0 fully saturated rings. The molecule has 0 unspecified atom stereocenters. The van der Waals surface area contributed by atoms with Gasteiger partial charge in [-0.05, 0) is 46.5 Å². The number of nitrogens with zero attached hydrogens (tertiary/aromatic N) is 1. The molecule has 24 heavy (non-hydrogen) atoms. The van der Waals surface area contributed by atoms with Crippen molar-refractivity contribution in [1.82, 2.24) is 4.57 Å². The lowest BCUT2D eigenvalue weighted by molar-refractivity contribution is 0.628. The molecule has 0 atom stereocenters. The van der Waals surface area contributed by atoms with E-state index in [0.29, 0.717) is 0 Å². The van der Waals surface area contributed by atoms with Crippen LogP contribution in [-0.2, 0) is 7.05 Å². The van der Waals surface area contributed by atoms with Gasteiger partial charge < -0.3 is 4.57 Å². The molecule has 0 bridgehead atoms. The zero-order valence-corrected chi connectivity index (χ0v) is 13.0. The highest BCUT2D eigenvalue weighted by Crippen LogP contribution is 2.40. The van der Waals surface area contributed by atoms with Gasteiger partial charge in [0.25, 0.3) is 0 Å². The van der Waals surface area contributed by atoms with E-state index in [9.17, 15) is 8.78 Å². The topological polar surface area (TPSA) is 4.93 Å². The van der Waals surface area contributed by atoms with Crippen LogP contribution >= 0.6 is 0 Å². The number of benzene rings is 4. The lowest BCUT2D eigenvalue weighted by Crippen LogP contribution is -1.90. The van der Waals surface area contributed by atoms with E-state index >= 15 is 0 Å². The molecular formula is C21H13F2N. The van der Waals surface area contributed by atoms with Gasteiger partial charge in [-0.1, -0.05) is 30.3 Å². The summed E-state index contributed by atoms with van der Waals surface area (Å²) in [6.45, 7) is 0. The van der Waals surface area contributed by atoms with Gasteiger partial charge in [-0.3, -0.25) is 0 Å². The van der Waals surface area contributed by atoms with Crippen LogP contribution in [0.4, 0.5) is 8.78 Å². The predicted octanol–water partition coefficient (Wildman–Crippen LogP) is 5.92. The minimum atomic E-state index is -0.270. The van der Waals surface area contributed by atoms with Crippen molar-refractivity contribution in [3.63, 3.8) is 0 Å². The SMILES string of the molecule is Cn1c2cc(F)ccc2c2c3ccccc3c3ccc(F)cc3c21. The van der Waals surface area contributed by atoms with Crippen molar-refractivity contribution < 1.29 is 8.78 Å². The highest BCUT2D eigenvalue weighted by atomic mass is 19.1. The van der Waals surface area contributed by atoms with E-state index in [1.807, 2.05) is 35.9 Å². The Balaban J connectivity index is 2.23. The van der Waals surface area contributed by atoms with E-state index in [0.717, 1.165) is 43.4 Å². The highest BCUT2D eigenvalue weighted by Gasteiger charge is 2.16. The van der Waals surface area contributed by atoms with Gasteiger partial charge in [0, 0.05) is 23.2 Å². The van der Waals surface area contributed by atoms with Gasteiger partial charge in [0.15, 0.2) is 0 Å². The molecule has 0 N–H and O–H groups in total. The predicted molar refractivity (Wildman–Crippen MR) is 95.4 cm³/mol. The van der Waals surface area contributed by atoms with Crippen molar-refractivity contribution in [2.45, 2.75) is 0 Å². The van der Waals surface area contributed by atoms with Crippen molar-refractivity contribution in [3.05, 3.63) is 72.3 Å². The van der Waals surface area contributed by atoms with Crippen LogP contribution in [0.1, 0.15) is 0 Å². The van der Waals surface area contributed by atoms with E-state index in [1.54, 1.807) is 6.07 Å². The van der Waals surface area contributed by atoms with E-state index < -0.39 is 0 Å². The smallest absolute Gasteiger partial charge is 0.125 e. The van der Waals surface area contributed by atoms with Crippen molar-refractivity contribution in [2.24, 2.45) is 7.05 Å². The number of aryl methyl sites for hydroxylation is 1. The van der Waals surface area contributed by atoms with Crippen molar-refractivity contribution >= 4 is 43.4 Å². The summed E-state index contributed by atoms with van der Waals surface area (Å²) in [5, 5.41) is 6.06. The first-order valence-electron chi connectivity index (χ1n) is 7.83. The maximum absolute atomic E-state index is 13.9. The third kappa shape index (κ3) is 1.61. The number of hydrogen-bond acceptors (Lipinski definition) is 0. The normalized spacial score (nSPS) is 12.0. The summed E-state index contributed by atoms with van der Waals surface area (Å²) >= 11 is 0. The Morgan fingerprint density at radius 1 is 0.667 bits per heavy atom. The Morgan fingerprint density at radius 2 is 1.29 bits per heavy atom. The average Bonchev–Trinajstić information content (AvgIpc) is 2.88. The molecule has 0 saturated heterocycles. The molecule has 0 aliphatic heterocycles. The number of fused-ring (bicyclic) bond motifs is 8. The molecule has 0 aliphatic rings. The van der Waals surface area contributed by atoms with Gasteiger partial charge in [0.1, 0.15) is 11.6 Å². The van der Waals surface area contributed by atoms with Gasteiger partial charge >= 0.3 is 0 Å². The van der Waals surface area contributed by atoms with Crippen molar-refractivity contribution in [2.75, 3.05) is 0 Å². The zero-order valence-electron chi connectivity index (χ0n) is 13.0. The zero-order chi connectivity index (χ0) is 16.4. The van der Waals surface area contributed by atoms with Crippen molar-refractivity contribution in [1.29, 1.82) is 0 Å². The molecular weight excluding hydrogens is 304 g/mol. The molecule has 1 heterocycles. The molecule has 116 valence electrons. The second-order valence-corrected chi connectivity index (χ2v) is 6.18. The van der Waals surface area contributed by atoms with E-state index in [1.165, 1.54) is 18.2 Å². The molecule has 0 amide bonds. The molecule has 1 nitrogen and oxygen atoms in total. The van der Waals surface area contributed by atoms with Crippen molar-refractivity contribution in [3.8, 4) is 0 Å². The summed E-state index contributed by atoms with van der Waals surface area (Å²) in [5.41, 5.74) is 1.75. The summed E-state index contributed by atoms with van der Waals surface area (Å²) < 4.78 is 29.7. The molecule has 0 radical (unpaired) electrons. The average molecular weight is 317 g/mol. The number of rotatable bonds is 0. The minimum Gasteiger partial charge on any atom is -0.343 e. The van der Waals surface area contributed by atoms with Crippen LogP contribution in [0.25, 0.3) is 43.4 Å². The van der Waals surface area contributed by atoms with E-state index in [2.05, 4.69) is 12.1 Å². The first-order valence-corrected chi connectivity index (χ1v) is 7.83. The minimum absolute atomic E-state index is 0.268. The monoisotopic (exact) mass is 317 g/mol. The largest absolute Gasteiger partial charge is 0.343 e. The summed E-state index contributed by atoms with van der Waals surface area (Å²) in [6.07, 6.45) is 0. The number of aromatic nitrogens is 1. The molecule has 0 spiro atoms. The fraction of sp³-hybridized carbons (Fsp3) is 0.0476. The summed E-state index contributed by atoms with van der Waals surface area (Å²) in [4.78, 5) is 0. The Labute approximate surface area is 136 Å². The second kappa shape index (κ2) is 4.54. The van der Waals surface area contributed by atoms with Crippen LogP contribution in [0, 0.1) is 11.6 Å². The van der Waals surface area contributed by atoms with Crippen LogP contribution in [-0.4, -0.2) is 4.57 Å². The molecule has 4 aromatic carbocycles. The van der Waals surface area contributed by atoms with Crippen LogP contribution in [0.2, 0.25) is 0 Å². The lowest BCUT2D eigenvalue weighted by atomic mass is 9.97. The molecule has 0 saturated carbocycles. The Bertz CT molecular complexity index is 1280. The Morgan fingerprint density at radius 3 is 2.08 bits per heavy atom. The van der Waals surface area contributed by atoms with E-state index in [4.69, 9.17) is 0 Å². The van der Waals surface area contributed by atoms with Gasteiger partial charge in [-0.25, -0.2) is 8.78 Å². The third-order valence-electron chi connectivity index (χ3n) is 4.89. The molecule has 0 aliphatic carbocycles. The molecule has 5 aromatic rings. The van der Waals surface area contributed by atoms with Crippen LogP contribution < -0.4 is 0 Å². The number of hydrogen-bond donors (Lipinski definition) is 0.